The van der Waals surface area contributed by atoms with Crippen molar-refractivity contribution in [3.05, 3.63) is 29.3 Å². The van der Waals surface area contributed by atoms with E-state index in [-0.39, 0.29) is 12.6 Å². The molecule has 0 saturated carbocycles. The van der Waals surface area contributed by atoms with Gasteiger partial charge < -0.3 is 10.5 Å². The Labute approximate surface area is 114 Å². The summed E-state index contributed by atoms with van der Waals surface area (Å²) in [5.41, 5.74) is 7.34. The van der Waals surface area contributed by atoms with Crippen LogP contribution in [0.5, 0.6) is 0 Å². The first kappa shape index (κ1) is 14.5. The number of nitrogens with two attached hydrogens (primary N) is 1. The van der Waals surface area contributed by atoms with Crippen molar-refractivity contribution in [3.63, 3.8) is 0 Å². The molecule has 2 N–H and O–H groups in total. The minimum absolute atomic E-state index is 0.268. The second kappa shape index (κ2) is 5.58. The summed E-state index contributed by atoms with van der Waals surface area (Å²) in [6.45, 7) is 5.10. The highest BCUT2D eigenvalue weighted by Gasteiger charge is 2.34. The Hall–Kier alpha value is -0.950. The Balaban J connectivity index is 2.43. The molecule has 0 amide bonds. The highest BCUT2D eigenvalue weighted by Crippen LogP contribution is 2.24. The predicted molar refractivity (Wildman–Crippen MR) is 73.5 cm³/mol. The van der Waals surface area contributed by atoms with Gasteiger partial charge in [0, 0.05) is 13.1 Å². The van der Waals surface area contributed by atoms with E-state index in [0.717, 1.165) is 11.1 Å². The fraction of sp³-hybridized carbons (Fsp3) is 0.538. The van der Waals surface area contributed by atoms with E-state index in [1.807, 2.05) is 26.0 Å². The van der Waals surface area contributed by atoms with Crippen molar-refractivity contribution in [1.82, 2.24) is 4.31 Å². The molecular weight excluding hydrogens is 264 g/mol. The SMILES string of the molecule is Cc1ccc(C)c(S(=O)(=O)N2CCOCC2CN)c1. The lowest BCUT2D eigenvalue weighted by atomic mass is 10.2. The van der Waals surface area contributed by atoms with Gasteiger partial charge in [-0.3, -0.25) is 0 Å². The summed E-state index contributed by atoms with van der Waals surface area (Å²) >= 11 is 0. The van der Waals surface area contributed by atoms with Gasteiger partial charge in [-0.15, -0.1) is 0 Å². The molecule has 0 spiro atoms. The van der Waals surface area contributed by atoms with E-state index in [0.29, 0.717) is 24.7 Å². The fourth-order valence-corrected chi connectivity index (χ4v) is 4.17. The molecule has 1 heterocycles. The third kappa shape index (κ3) is 2.81. The lowest BCUT2D eigenvalue weighted by Crippen LogP contribution is -2.51. The molecule has 5 nitrogen and oxygen atoms in total. The lowest BCUT2D eigenvalue weighted by molar-refractivity contribution is 0.0358. The highest BCUT2D eigenvalue weighted by atomic mass is 32.2. The highest BCUT2D eigenvalue weighted by molar-refractivity contribution is 7.89. The van der Waals surface area contributed by atoms with E-state index >= 15 is 0 Å². The summed E-state index contributed by atoms with van der Waals surface area (Å²) in [6, 6.07) is 5.18. The van der Waals surface area contributed by atoms with Crippen LogP contribution < -0.4 is 5.73 Å². The van der Waals surface area contributed by atoms with Crippen molar-refractivity contribution >= 4 is 10.0 Å². The van der Waals surface area contributed by atoms with Crippen LogP contribution in [-0.2, 0) is 14.8 Å². The van der Waals surface area contributed by atoms with E-state index < -0.39 is 10.0 Å². The number of hydrogen-bond acceptors (Lipinski definition) is 4. The minimum atomic E-state index is -3.50. The molecule has 2 rings (SSSR count). The van der Waals surface area contributed by atoms with Crippen LogP contribution in [0.2, 0.25) is 0 Å². The molecule has 106 valence electrons. The number of aryl methyl sites for hydroxylation is 2. The molecule has 1 aliphatic heterocycles. The Kier molecular flexibility index (Phi) is 4.25. The molecule has 0 aromatic heterocycles. The molecule has 1 atom stereocenters. The molecule has 19 heavy (non-hydrogen) atoms. The second-order valence-corrected chi connectivity index (χ2v) is 6.71. The van der Waals surface area contributed by atoms with Gasteiger partial charge >= 0.3 is 0 Å². The largest absolute Gasteiger partial charge is 0.378 e. The normalized spacial score (nSPS) is 21.5. The number of sulfonamides is 1. The number of nitrogens with zero attached hydrogens (tertiary/aromatic N) is 1. The first-order valence-corrected chi connectivity index (χ1v) is 7.77. The van der Waals surface area contributed by atoms with Crippen molar-refractivity contribution < 1.29 is 13.2 Å². The minimum Gasteiger partial charge on any atom is -0.378 e. The van der Waals surface area contributed by atoms with Crippen LogP contribution >= 0.6 is 0 Å². The van der Waals surface area contributed by atoms with Crippen molar-refractivity contribution in [1.29, 1.82) is 0 Å². The molecule has 1 aromatic carbocycles. The summed E-state index contributed by atoms with van der Waals surface area (Å²) in [5, 5.41) is 0. The maximum absolute atomic E-state index is 12.7. The zero-order valence-corrected chi connectivity index (χ0v) is 12.1. The first-order valence-electron chi connectivity index (χ1n) is 6.33. The van der Waals surface area contributed by atoms with Crippen LogP contribution in [0.25, 0.3) is 0 Å². The molecular formula is C13H20N2O3S. The molecule has 1 fully saturated rings. The van der Waals surface area contributed by atoms with Gasteiger partial charge in [0.2, 0.25) is 10.0 Å². The van der Waals surface area contributed by atoms with E-state index in [1.165, 1.54) is 4.31 Å². The summed E-state index contributed by atoms with van der Waals surface area (Å²) in [5.74, 6) is 0. The smallest absolute Gasteiger partial charge is 0.243 e. The summed E-state index contributed by atoms with van der Waals surface area (Å²) < 4.78 is 32.3. The van der Waals surface area contributed by atoms with Crippen molar-refractivity contribution in [2.45, 2.75) is 24.8 Å². The van der Waals surface area contributed by atoms with Crippen LogP contribution in [-0.4, -0.2) is 45.1 Å². The van der Waals surface area contributed by atoms with Crippen LogP contribution in [0.15, 0.2) is 23.1 Å². The Morgan fingerprint density at radius 1 is 1.42 bits per heavy atom. The van der Waals surface area contributed by atoms with Gasteiger partial charge in [-0.25, -0.2) is 8.42 Å². The van der Waals surface area contributed by atoms with E-state index in [1.54, 1.807) is 6.07 Å². The van der Waals surface area contributed by atoms with Gasteiger partial charge in [0.1, 0.15) is 0 Å². The molecule has 0 aliphatic carbocycles. The van der Waals surface area contributed by atoms with Crippen molar-refractivity contribution in [2.24, 2.45) is 5.73 Å². The topological polar surface area (TPSA) is 72.6 Å². The Bertz CT molecular complexity index is 557. The van der Waals surface area contributed by atoms with Gasteiger partial charge in [-0.1, -0.05) is 12.1 Å². The standard InChI is InChI=1S/C13H20N2O3S/c1-10-3-4-11(2)13(7-10)19(16,17)15-5-6-18-9-12(15)8-14/h3-4,7,12H,5-6,8-9,14H2,1-2H3. The number of morpholine rings is 1. The molecule has 1 aliphatic rings. The number of benzene rings is 1. The molecule has 0 bridgehead atoms. The number of rotatable bonds is 3. The molecule has 1 aromatic rings. The third-order valence-corrected chi connectivity index (χ3v) is 5.47. The van der Waals surface area contributed by atoms with Gasteiger partial charge in [-0.2, -0.15) is 4.31 Å². The first-order chi connectivity index (χ1) is 8.96. The molecule has 1 saturated heterocycles. The number of hydrogen-bond donors (Lipinski definition) is 1. The molecule has 1 unspecified atom stereocenters. The third-order valence-electron chi connectivity index (χ3n) is 3.38. The number of ether oxygens (including phenoxy) is 1. The van der Waals surface area contributed by atoms with Crippen LogP contribution in [0, 0.1) is 13.8 Å². The maximum atomic E-state index is 12.7. The van der Waals surface area contributed by atoms with Crippen molar-refractivity contribution in [3.8, 4) is 0 Å². The fourth-order valence-electron chi connectivity index (χ4n) is 2.25. The van der Waals surface area contributed by atoms with Crippen LogP contribution in [0.4, 0.5) is 0 Å². The van der Waals surface area contributed by atoms with Crippen molar-refractivity contribution in [2.75, 3.05) is 26.3 Å². The average molecular weight is 284 g/mol. The summed E-state index contributed by atoms with van der Waals surface area (Å²) in [4.78, 5) is 0.368. The Morgan fingerprint density at radius 3 is 2.84 bits per heavy atom. The van der Waals surface area contributed by atoms with Gasteiger partial charge in [0.25, 0.3) is 0 Å². The predicted octanol–water partition coefficient (Wildman–Crippen LogP) is 0.652. The van der Waals surface area contributed by atoms with Gasteiger partial charge in [-0.05, 0) is 31.0 Å². The lowest BCUT2D eigenvalue weighted by Gasteiger charge is -2.34. The monoisotopic (exact) mass is 284 g/mol. The van der Waals surface area contributed by atoms with Gasteiger partial charge in [0.15, 0.2) is 0 Å². The summed E-state index contributed by atoms with van der Waals surface area (Å²) in [7, 11) is -3.50. The van der Waals surface area contributed by atoms with Gasteiger partial charge in [0.05, 0.1) is 24.2 Å². The molecule has 0 radical (unpaired) electrons. The maximum Gasteiger partial charge on any atom is 0.243 e. The zero-order chi connectivity index (χ0) is 14.0. The van der Waals surface area contributed by atoms with Crippen LogP contribution in [0.3, 0.4) is 0 Å². The van der Waals surface area contributed by atoms with E-state index in [2.05, 4.69) is 0 Å². The second-order valence-electron chi connectivity index (χ2n) is 4.85. The Morgan fingerprint density at radius 2 is 2.16 bits per heavy atom. The average Bonchev–Trinajstić information content (AvgIpc) is 2.41. The summed E-state index contributed by atoms with van der Waals surface area (Å²) in [6.07, 6.45) is 0. The van der Waals surface area contributed by atoms with E-state index in [9.17, 15) is 8.42 Å². The quantitative estimate of drug-likeness (QED) is 0.884. The van der Waals surface area contributed by atoms with Crippen LogP contribution in [0.1, 0.15) is 11.1 Å². The van der Waals surface area contributed by atoms with E-state index in [4.69, 9.17) is 10.5 Å². The zero-order valence-electron chi connectivity index (χ0n) is 11.3. The molecule has 6 heteroatoms.